The molecule has 82 valence electrons. The second-order valence-electron chi connectivity index (χ2n) is 3.76. The highest BCUT2D eigenvalue weighted by atomic mass is 79.9. The van der Waals surface area contributed by atoms with Crippen LogP contribution in [-0.4, -0.2) is 17.3 Å². The molecule has 1 aromatic carbocycles. The van der Waals surface area contributed by atoms with E-state index in [0.717, 1.165) is 19.3 Å². The van der Waals surface area contributed by atoms with Crippen LogP contribution in [0.25, 0.3) is 0 Å². The van der Waals surface area contributed by atoms with E-state index in [1.165, 1.54) is 12.1 Å². The summed E-state index contributed by atoms with van der Waals surface area (Å²) in [6.07, 6.45) is 1.93. The molecule has 2 atom stereocenters. The minimum atomic E-state index is -0.424. The first kappa shape index (κ1) is 10.9. The van der Waals surface area contributed by atoms with Crippen LogP contribution in [0.4, 0.5) is 4.39 Å². The SMILES string of the molecule is O[C@@H]1CCC[C@H]1Oc1cc(F)cc(Br)c1. The number of hydrogen-bond donors (Lipinski definition) is 1. The minimum absolute atomic E-state index is 0.196. The predicted octanol–water partition coefficient (Wildman–Crippen LogP) is 2.88. The molecule has 1 fully saturated rings. The molecule has 0 spiro atoms. The maximum atomic E-state index is 13.0. The Morgan fingerprint density at radius 1 is 1.33 bits per heavy atom. The normalized spacial score (nSPS) is 25.5. The van der Waals surface area contributed by atoms with Crippen LogP contribution in [-0.2, 0) is 0 Å². The van der Waals surface area contributed by atoms with Gasteiger partial charge in [0.05, 0.1) is 6.10 Å². The van der Waals surface area contributed by atoms with Crippen molar-refractivity contribution in [1.29, 1.82) is 0 Å². The average molecular weight is 275 g/mol. The van der Waals surface area contributed by atoms with Crippen molar-refractivity contribution in [1.82, 2.24) is 0 Å². The molecule has 0 aromatic heterocycles. The van der Waals surface area contributed by atoms with Crippen molar-refractivity contribution in [2.75, 3.05) is 0 Å². The lowest BCUT2D eigenvalue weighted by atomic mass is 10.2. The Morgan fingerprint density at radius 3 is 2.73 bits per heavy atom. The molecule has 0 radical (unpaired) electrons. The molecule has 0 amide bonds. The monoisotopic (exact) mass is 274 g/mol. The zero-order chi connectivity index (χ0) is 10.8. The van der Waals surface area contributed by atoms with Crippen molar-refractivity contribution in [3.8, 4) is 5.75 Å². The van der Waals surface area contributed by atoms with Crippen molar-refractivity contribution in [3.63, 3.8) is 0 Å². The molecule has 0 bridgehead atoms. The fraction of sp³-hybridized carbons (Fsp3) is 0.455. The van der Waals surface area contributed by atoms with Gasteiger partial charge in [0.2, 0.25) is 0 Å². The van der Waals surface area contributed by atoms with Gasteiger partial charge in [-0.1, -0.05) is 15.9 Å². The van der Waals surface area contributed by atoms with E-state index in [1.54, 1.807) is 6.07 Å². The van der Waals surface area contributed by atoms with Gasteiger partial charge in [0.25, 0.3) is 0 Å². The van der Waals surface area contributed by atoms with Gasteiger partial charge >= 0.3 is 0 Å². The maximum Gasteiger partial charge on any atom is 0.128 e. The van der Waals surface area contributed by atoms with Crippen LogP contribution in [0.2, 0.25) is 0 Å². The molecule has 0 unspecified atom stereocenters. The third-order valence-corrected chi connectivity index (χ3v) is 3.00. The van der Waals surface area contributed by atoms with Gasteiger partial charge < -0.3 is 9.84 Å². The van der Waals surface area contributed by atoms with Crippen molar-refractivity contribution in [2.45, 2.75) is 31.5 Å². The van der Waals surface area contributed by atoms with Gasteiger partial charge in [-0.15, -0.1) is 0 Å². The van der Waals surface area contributed by atoms with Gasteiger partial charge in [-0.05, 0) is 31.4 Å². The number of halogens is 2. The van der Waals surface area contributed by atoms with Crippen LogP contribution in [0.3, 0.4) is 0 Å². The molecule has 0 saturated heterocycles. The smallest absolute Gasteiger partial charge is 0.128 e. The number of hydrogen-bond acceptors (Lipinski definition) is 2. The fourth-order valence-electron chi connectivity index (χ4n) is 1.82. The molecule has 15 heavy (non-hydrogen) atoms. The summed E-state index contributed by atoms with van der Waals surface area (Å²) in [5.41, 5.74) is 0. The number of ether oxygens (including phenoxy) is 1. The van der Waals surface area contributed by atoms with E-state index in [9.17, 15) is 9.50 Å². The highest BCUT2D eigenvalue weighted by molar-refractivity contribution is 9.10. The first-order valence-electron chi connectivity index (χ1n) is 4.96. The van der Waals surface area contributed by atoms with E-state index >= 15 is 0 Å². The van der Waals surface area contributed by atoms with Gasteiger partial charge in [0.15, 0.2) is 0 Å². The average Bonchev–Trinajstić information content (AvgIpc) is 2.50. The largest absolute Gasteiger partial charge is 0.488 e. The summed E-state index contributed by atoms with van der Waals surface area (Å²) < 4.78 is 19.2. The minimum Gasteiger partial charge on any atom is -0.488 e. The highest BCUT2D eigenvalue weighted by Crippen LogP contribution is 2.27. The maximum absolute atomic E-state index is 13.0. The molecular weight excluding hydrogens is 263 g/mol. The Morgan fingerprint density at radius 2 is 2.13 bits per heavy atom. The van der Waals surface area contributed by atoms with Gasteiger partial charge in [0, 0.05) is 10.5 Å². The van der Waals surface area contributed by atoms with Gasteiger partial charge in [-0.3, -0.25) is 0 Å². The molecule has 1 aromatic rings. The molecular formula is C11H12BrFO2. The van der Waals surface area contributed by atoms with Gasteiger partial charge in [-0.2, -0.15) is 0 Å². The fourth-order valence-corrected chi connectivity index (χ4v) is 2.26. The van der Waals surface area contributed by atoms with Crippen molar-refractivity contribution in [2.24, 2.45) is 0 Å². The summed E-state index contributed by atoms with van der Waals surface area (Å²) in [4.78, 5) is 0. The second-order valence-corrected chi connectivity index (χ2v) is 4.68. The lowest BCUT2D eigenvalue weighted by Gasteiger charge is -2.17. The van der Waals surface area contributed by atoms with E-state index in [4.69, 9.17) is 4.74 Å². The summed E-state index contributed by atoms with van der Waals surface area (Å²) in [5, 5.41) is 9.56. The predicted molar refractivity (Wildman–Crippen MR) is 58.4 cm³/mol. The van der Waals surface area contributed by atoms with Gasteiger partial charge in [0.1, 0.15) is 17.7 Å². The van der Waals surface area contributed by atoms with Crippen LogP contribution in [0.1, 0.15) is 19.3 Å². The Bertz CT molecular complexity index is 336. The van der Waals surface area contributed by atoms with Crippen molar-refractivity contribution >= 4 is 15.9 Å². The molecule has 2 rings (SSSR count). The van der Waals surface area contributed by atoms with Crippen LogP contribution >= 0.6 is 15.9 Å². The molecule has 1 aliphatic rings. The Labute approximate surface area is 96.2 Å². The standard InChI is InChI=1S/C11H12BrFO2/c12-7-4-8(13)6-9(5-7)15-11-3-1-2-10(11)14/h4-6,10-11,14H,1-3H2/t10-,11-/m1/s1. The lowest BCUT2D eigenvalue weighted by molar-refractivity contribution is 0.0601. The zero-order valence-electron chi connectivity index (χ0n) is 8.12. The first-order valence-corrected chi connectivity index (χ1v) is 5.75. The van der Waals surface area contributed by atoms with Gasteiger partial charge in [-0.25, -0.2) is 4.39 Å². The second kappa shape index (κ2) is 4.49. The molecule has 4 heteroatoms. The van der Waals surface area contributed by atoms with Crippen LogP contribution in [0, 0.1) is 5.82 Å². The number of aliphatic hydroxyl groups excluding tert-OH is 1. The summed E-state index contributed by atoms with van der Waals surface area (Å²) in [7, 11) is 0. The highest BCUT2D eigenvalue weighted by Gasteiger charge is 2.26. The Kier molecular flexibility index (Phi) is 3.26. The van der Waals surface area contributed by atoms with E-state index < -0.39 is 6.10 Å². The first-order chi connectivity index (χ1) is 7.15. The van der Waals surface area contributed by atoms with Crippen molar-refractivity contribution < 1.29 is 14.2 Å². The molecule has 1 saturated carbocycles. The molecule has 1 aliphatic carbocycles. The third-order valence-electron chi connectivity index (χ3n) is 2.54. The Hall–Kier alpha value is -0.610. The summed E-state index contributed by atoms with van der Waals surface area (Å²) in [6, 6.07) is 4.40. The Balaban J connectivity index is 2.10. The number of rotatable bonds is 2. The quantitative estimate of drug-likeness (QED) is 0.899. The summed E-state index contributed by atoms with van der Waals surface area (Å²) in [5.74, 6) is 0.125. The molecule has 0 aliphatic heterocycles. The van der Waals surface area contributed by atoms with Crippen LogP contribution in [0.15, 0.2) is 22.7 Å². The van der Waals surface area contributed by atoms with Crippen LogP contribution in [0.5, 0.6) is 5.75 Å². The number of benzene rings is 1. The topological polar surface area (TPSA) is 29.5 Å². The molecule has 2 nitrogen and oxygen atoms in total. The van der Waals surface area contributed by atoms with E-state index in [1.807, 2.05) is 0 Å². The lowest BCUT2D eigenvalue weighted by Crippen LogP contribution is -2.25. The third kappa shape index (κ3) is 2.69. The zero-order valence-corrected chi connectivity index (χ0v) is 9.71. The van der Waals surface area contributed by atoms with Crippen molar-refractivity contribution in [3.05, 3.63) is 28.5 Å². The summed E-state index contributed by atoms with van der Waals surface area (Å²) >= 11 is 3.19. The number of aliphatic hydroxyl groups is 1. The van der Waals surface area contributed by atoms with E-state index in [-0.39, 0.29) is 11.9 Å². The van der Waals surface area contributed by atoms with Crippen LogP contribution < -0.4 is 4.74 Å². The van der Waals surface area contributed by atoms with E-state index in [0.29, 0.717) is 10.2 Å². The summed E-state index contributed by atoms with van der Waals surface area (Å²) in [6.45, 7) is 0. The molecule has 1 N–H and O–H groups in total. The molecule has 0 heterocycles. The van der Waals surface area contributed by atoms with E-state index in [2.05, 4.69) is 15.9 Å².